The Balaban J connectivity index is 2.54. The molecule has 0 fully saturated rings. The number of rotatable bonds is 3. The maximum Gasteiger partial charge on any atom is 0.149 e. The molecule has 1 nitrogen and oxygen atoms in total. The Kier molecular flexibility index (Phi) is 3.10. The van der Waals surface area contributed by atoms with Crippen LogP contribution in [0, 0.1) is 12.3 Å². The number of hydrogen-bond acceptors (Lipinski definition) is 1. The molecule has 1 heteroatoms. The molecule has 1 aromatic rings. The quantitative estimate of drug-likeness (QED) is 0.613. The van der Waals surface area contributed by atoms with E-state index in [9.17, 15) is 4.79 Å². The second kappa shape index (κ2) is 4.35. The molecular weight excluding hydrogens is 148 g/mol. The number of Topliss-reactive ketones (excluding diaryl/α,β-unsaturated/α-hetero) is 1. The van der Waals surface area contributed by atoms with Gasteiger partial charge in [-0.3, -0.25) is 4.79 Å². The average molecular weight is 158 g/mol. The van der Waals surface area contributed by atoms with Gasteiger partial charge < -0.3 is 0 Å². The summed E-state index contributed by atoms with van der Waals surface area (Å²) in [4.78, 5) is 11.1. The van der Waals surface area contributed by atoms with Crippen molar-refractivity contribution in [2.45, 2.75) is 12.8 Å². The van der Waals surface area contributed by atoms with E-state index < -0.39 is 0 Å². The Labute approximate surface area is 72.4 Å². The first-order chi connectivity index (χ1) is 5.83. The molecule has 12 heavy (non-hydrogen) atoms. The zero-order chi connectivity index (χ0) is 8.81. The molecule has 1 aromatic carbocycles. The van der Waals surface area contributed by atoms with E-state index in [4.69, 9.17) is 6.42 Å². The van der Waals surface area contributed by atoms with E-state index in [2.05, 4.69) is 5.92 Å². The Morgan fingerprint density at radius 1 is 1.33 bits per heavy atom. The highest BCUT2D eigenvalue weighted by Gasteiger charge is 1.99. The summed E-state index contributed by atoms with van der Waals surface area (Å²) < 4.78 is 0. The van der Waals surface area contributed by atoms with Gasteiger partial charge in [-0.05, 0) is 5.56 Å². The molecule has 0 saturated heterocycles. The fourth-order valence-electron chi connectivity index (χ4n) is 1.000. The van der Waals surface area contributed by atoms with E-state index >= 15 is 0 Å². The third kappa shape index (κ3) is 2.59. The molecule has 1 rings (SSSR count). The van der Waals surface area contributed by atoms with Crippen LogP contribution in [0.4, 0.5) is 0 Å². The average Bonchev–Trinajstić information content (AvgIpc) is 2.06. The molecule has 0 bridgehead atoms. The fourth-order valence-corrected chi connectivity index (χ4v) is 1.000. The van der Waals surface area contributed by atoms with E-state index in [1.165, 1.54) is 0 Å². The van der Waals surface area contributed by atoms with Crippen LogP contribution in [-0.2, 0) is 11.2 Å². The fraction of sp³-hybridized carbons (Fsp3) is 0.182. The van der Waals surface area contributed by atoms with Crippen LogP contribution in [0.5, 0.6) is 0 Å². The first-order valence-corrected chi connectivity index (χ1v) is 3.82. The minimum atomic E-state index is 0.101. The van der Waals surface area contributed by atoms with Gasteiger partial charge in [0.25, 0.3) is 0 Å². The van der Waals surface area contributed by atoms with Crippen molar-refractivity contribution in [3.8, 4) is 12.3 Å². The van der Waals surface area contributed by atoms with Crippen LogP contribution in [0.15, 0.2) is 30.3 Å². The molecule has 0 aliphatic carbocycles. The van der Waals surface area contributed by atoms with Crippen molar-refractivity contribution in [1.82, 2.24) is 0 Å². The number of benzene rings is 1. The van der Waals surface area contributed by atoms with Crippen molar-refractivity contribution in [2.24, 2.45) is 0 Å². The lowest BCUT2D eigenvalue weighted by Crippen LogP contribution is -2.00. The van der Waals surface area contributed by atoms with Gasteiger partial charge in [-0.15, -0.1) is 6.42 Å². The normalized spacial score (nSPS) is 8.92. The number of carbonyl (C=O) groups is 1. The predicted octanol–water partition coefficient (Wildman–Crippen LogP) is 1.82. The summed E-state index contributed by atoms with van der Waals surface area (Å²) in [6.45, 7) is 0. The highest BCUT2D eigenvalue weighted by atomic mass is 16.1. The minimum absolute atomic E-state index is 0.101. The molecule has 0 heterocycles. The molecule has 0 unspecified atom stereocenters. The Morgan fingerprint density at radius 2 is 2.00 bits per heavy atom. The second-order valence-corrected chi connectivity index (χ2v) is 2.58. The van der Waals surface area contributed by atoms with Crippen molar-refractivity contribution in [3.05, 3.63) is 35.9 Å². The monoisotopic (exact) mass is 158 g/mol. The Morgan fingerprint density at radius 3 is 2.58 bits per heavy atom. The first kappa shape index (κ1) is 8.55. The van der Waals surface area contributed by atoms with Crippen LogP contribution in [0.25, 0.3) is 0 Å². The van der Waals surface area contributed by atoms with Gasteiger partial charge in [0, 0.05) is 6.42 Å². The number of ketones is 1. The molecule has 0 spiro atoms. The van der Waals surface area contributed by atoms with E-state index in [1.807, 2.05) is 30.3 Å². The van der Waals surface area contributed by atoms with Crippen LogP contribution >= 0.6 is 0 Å². The molecule has 0 amide bonds. The molecule has 0 aliphatic rings. The van der Waals surface area contributed by atoms with Crippen LogP contribution in [0.2, 0.25) is 0 Å². The summed E-state index contributed by atoms with van der Waals surface area (Å²) in [6, 6.07) is 9.61. The molecule has 0 radical (unpaired) electrons. The third-order valence-electron chi connectivity index (χ3n) is 1.54. The van der Waals surface area contributed by atoms with Crippen molar-refractivity contribution >= 4 is 5.78 Å². The largest absolute Gasteiger partial charge is 0.298 e. The van der Waals surface area contributed by atoms with Crippen molar-refractivity contribution in [1.29, 1.82) is 0 Å². The van der Waals surface area contributed by atoms with E-state index in [-0.39, 0.29) is 12.2 Å². The minimum Gasteiger partial charge on any atom is -0.298 e. The maximum absolute atomic E-state index is 11.1. The van der Waals surface area contributed by atoms with Crippen LogP contribution in [0.3, 0.4) is 0 Å². The van der Waals surface area contributed by atoms with Gasteiger partial charge in [0.2, 0.25) is 0 Å². The third-order valence-corrected chi connectivity index (χ3v) is 1.54. The topological polar surface area (TPSA) is 17.1 Å². The second-order valence-electron chi connectivity index (χ2n) is 2.58. The first-order valence-electron chi connectivity index (χ1n) is 3.82. The Bertz CT molecular complexity index is 293. The Hall–Kier alpha value is -1.55. The lowest BCUT2D eigenvalue weighted by molar-refractivity contribution is -0.117. The molecule has 0 aromatic heterocycles. The lowest BCUT2D eigenvalue weighted by Gasteiger charge is -1.96. The van der Waals surface area contributed by atoms with Gasteiger partial charge in [-0.1, -0.05) is 36.3 Å². The standard InChI is InChI=1S/C11H10O/c1-2-6-11(12)9-10-7-4-3-5-8-10/h1,3-5,7-8H,6,9H2. The molecular formula is C11H10O. The lowest BCUT2D eigenvalue weighted by atomic mass is 10.1. The molecule has 0 saturated carbocycles. The molecule has 60 valence electrons. The van der Waals surface area contributed by atoms with E-state index in [1.54, 1.807) is 0 Å². The predicted molar refractivity (Wildman–Crippen MR) is 48.6 cm³/mol. The molecule has 0 N–H and O–H groups in total. The molecule has 0 atom stereocenters. The summed E-state index contributed by atoms with van der Waals surface area (Å²) in [5.74, 6) is 2.44. The number of terminal acetylenes is 1. The van der Waals surface area contributed by atoms with Crippen LogP contribution in [0.1, 0.15) is 12.0 Å². The van der Waals surface area contributed by atoms with Gasteiger partial charge in [0.15, 0.2) is 0 Å². The summed E-state index contributed by atoms with van der Waals surface area (Å²) in [6.07, 6.45) is 5.69. The van der Waals surface area contributed by atoms with Crippen molar-refractivity contribution in [2.75, 3.05) is 0 Å². The van der Waals surface area contributed by atoms with Crippen LogP contribution < -0.4 is 0 Å². The van der Waals surface area contributed by atoms with Crippen LogP contribution in [-0.4, -0.2) is 5.78 Å². The molecule has 0 aliphatic heterocycles. The number of carbonyl (C=O) groups excluding carboxylic acids is 1. The zero-order valence-electron chi connectivity index (χ0n) is 6.79. The van der Waals surface area contributed by atoms with Gasteiger partial charge in [-0.25, -0.2) is 0 Å². The summed E-state index contributed by atoms with van der Waals surface area (Å²) in [5.41, 5.74) is 1.03. The zero-order valence-corrected chi connectivity index (χ0v) is 6.79. The maximum atomic E-state index is 11.1. The number of hydrogen-bond donors (Lipinski definition) is 0. The summed E-state index contributed by atoms with van der Waals surface area (Å²) >= 11 is 0. The highest BCUT2D eigenvalue weighted by molar-refractivity contribution is 5.82. The van der Waals surface area contributed by atoms with Gasteiger partial charge in [0.05, 0.1) is 6.42 Å². The van der Waals surface area contributed by atoms with E-state index in [0.29, 0.717) is 6.42 Å². The summed E-state index contributed by atoms with van der Waals surface area (Å²) in [5, 5.41) is 0. The highest BCUT2D eigenvalue weighted by Crippen LogP contribution is 2.00. The smallest absolute Gasteiger partial charge is 0.149 e. The van der Waals surface area contributed by atoms with Gasteiger partial charge >= 0.3 is 0 Å². The van der Waals surface area contributed by atoms with Gasteiger partial charge in [0.1, 0.15) is 5.78 Å². The summed E-state index contributed by atoms with van der Waals surface area (Å²) in [7, 11) is 0. The van der Waals surface area contributed by atoms with Crippen molar-refractivity contribution in [3.63, 3.8) is 0 Å². The SMILES string of the molecule is C#CCC(=O)Cc1ccccc1. The van der Waals surface area contributed by atoms with Gasteiger partial charge in [-0.2, -0.15) is 0 Å². The van der Waals surface area contributed by atoms with E-state index in [0.717, 1.165) is 5.56 Å². The van der Waals surface area contributed by atoms with Crippen molar-refractivity contribution < 1.29 is 4.79 Å².